The van der Waals surface area contributed by atoms with Gasteiger partial charge in [0.05, 0.1) is 6.04 Å². The lowest BCUT2D eigenvalue weighted by atomic mass is 9.94. The molecule has 1 aromatic heterocycles. The molecule has 1 heterocycles. The number of carbonyl (C=O) groups is 1. The molecule has 2 aromatic rings. The highest BCUT2D eigenvalue weighted by Crippen LogP contribution is 2.21. The first-order chi connectivity index (χ1) is 12.6. The molecule has 1 unspecified atom stereocenters. The Hall–Kier alpha value is -2.36. The van der Waals surface area contributed by atoms with Gasteiger partial charge in [0.25, 0.3) is 11.5 Å². The lowest BCUT2D eigenvalue weighted by Crippen LogP contribution is -2.36. The summed E-state index contributed by atoms with van der Waals surface area (Å²) in [6.07, 6.45) is 6.13. The molecule has 0 fully saturated rings. The maximum absolute atomic E-state index is 13.0. The van der Waals surface area contributed by atoms with E-state index in [1.54, 1.807) is 0 Å². The number of carbonyl (C=O) groups excluding carboxylic acids is 1. The zero-order valence-electron chi connectivity index (χ0n) is 15.8. The Morgan fingerprint density at radius 1 is 1.19 bits per heavy atom. The third-order valence-electron chi connectivity index (χ3n) is 5.23. The van der Waals surface area contributed by atoms with E-state index >= 15 is 0 Å². The Kier molecular flexibility index (Phi) is 5.92. The molecule has 26 heavy (non-hydrogen) atoms. The fraction of sp³-hybridized carbons (Fsp3) is 0.455. The molecule has 4 nitrogen and oxygen atoms in total. The Labute approximate surface area is 155 Å². The summed E-state index contributed by atoms with van der Waals surface area (Å²) in [4.78, 5) is 25.8. The van der Waals surface area contributed by atoms with Crippen molar-refractivity contribution in [3.05, 3.63) is 69.1 Å². The third-order valence-corrected chi connectivity index (χ3v) is 5.23. The van der Waals surface area contributed by atoms with Gasteiger partial charge in [0.2, 0.25) is 0 Å². The third kappa shape index (κ3) is 3.90. The number of fused-ring (bicyclic) bond motifs is 1. The molecule has 3 rings (SSSR count). The average Bonchev–Trinajstić information content (AvgIpc) is 2.67. The number of hydrogen-bond acceptors (Lipinski definition) is 2. The van der Waals surface area contributed by atoms with E-state index in [9.17, 15) is 9.59 Å². The minimum Gasteiger partial charge on any atom is -0.345 e. The molecule has 0 saturated heterocycles. The molecule has 1 N–H and O–H groups in total. The van der Waals surface area contributed by atoms with Crippen LogP contribution in [0.25, 0.3) is 0 Å². The summed E-state index contributed by atoms with van der Waals surface area (Å²) < 4.78 is 1.86. The van der Waals surface area contributed by atoms with Crippen molar-refractivity contribution in [3.8, 4) is 0 Å². The van der Waals surface area contributed by atoms with Gasteiger partial charge in [-0.2, -0.15) is 0 Å². The lowest BCUT2D eigenvalue weighted by molar-refractivity contribution is 0.0937. The first-order valence-electron chi connectivity index (χ1n) is 9.73. The summed E-state index contributed by atoms with van der Waals surface area (Å²) >= 11 is 0. The number of unbranched alkanes of at least 4 members (excludes halogenated alkanes) is 1. The Morgan fingerprint density at radius 2 is 1.92 bits per heavy atom. The minimum atomic E-state index is -0.273. The number of benzene rings is 1. The van der Waals surface area contributed by atoms with Crippen LogP contribution >= 0.6 is 0 Å². The van der Waals surface area contributed by atoms with Crippen molar-refractivity contribution in [2.45, 2.75) is 65.0 Å². The van der Waals surface area contributed by atoms with E-state index in [2.05, 4.69) is 12.2 Å². The highest BCUT2D eigenvalue weighted by molar-refractivity contribution is 5.94. The Bertz CT molecular complexity index is 824. The number of pyridine rings is 1. The maximum atomic E-state index is 13.0. The first kappa shape index (κ1) is 18.4. The van der Waals surface area contributed by atoms with E-state index in [-0.39, 0.29) is 23.1 Å². The van der Waals surface area contributed by atoms with Gasteiger partial charge < -0.3 is 9.88 Å². The molecule has 0 bridgehead atoms. The molecule has 4 heteroatoms. The summed E-state index contributed by atoms with van der Waals surface area (Å²) in [5, 5.41) is 2.99. The first-order valence-corrected chi connectivity index (χ1v) is 9.73. The van der Waals surface area contributed by atoms with Crippen LogP contribution in [-0.4, -0.2) is 10.5 Å². The second-order valence-electron chi connectivity index (χ2n) is 7.15. The summed E-state index contributed by atoms with van der Waals surface area (Å²) in [7, 11) is 0. The molecule has 138 valence electrons. The van der Waals surface area contributed by atoms with Crippen LogP contribution in [0.3, 0.4) is 0 Å². The Morgan fingerprint density at radius 3 is 2.65 bits per heavy atom. The molecular formula is C22H28N2O2. The molecule has 1 aliphatic rings. The number of nitrogens with one attached hydrogen (secondary N) is 1. The average molecular weight is 352 g/mol. The van der Waals surface area contributed by atoms with Gasteiger partial charge in [-0.05, 0) is 56.2 Å². The van der Waals surface area contributed by atoms with Crippen molar-refractivity contribution in [2.24, 2.45) is 0 Å². The van der Waals surface area contributed by atoms with E-state index in [1.807, 2.05) is 47.9 Å². The van der Waals surface area contributed by atoms with Crippen LogP contribution in [0.1, 0.15) is 72.8 Å². The molecule has 0 spiro atoms. The molecule has 0 aliphatic heterocycles. The van der Waals surface area contributed by atoms with E-state index < -0.39 is 0 Å². The van der Waals surface area contributed by atoms with Crippen molar-refractivity contribution in [3.63, 3.8) is 0 Å². The smallest absolute Gasteiger partial charge is 0.263 e. The van der Waals surface area contributed by atoms with E-state index in [4.69, 9.17) is 0 Å². The second kappa shape index (κ2) is 8.35. The quantitative estimate of drug-likeness (QED) is 0.854. The maximum Gasteiger partial charge on any atom is 0.263 e. The van der Waals surface area contributed by atoms with Crippen molar-refractivity contribution in [2.75, 3.05) is 0 Å². The van der Waals surface area contributed by atoms with Crippen molar-refractivity contribution in [1.29, 1.82) is 0 Å². The van der Waals surface area contributed by atoms with Crippen LogP contribution < -0.4 is 10.9 Å². The monoisotopic (exact) mass is 352 g/mol. The Balaban J connectivity index is 1.91. The van der Waals surface area contributed by atoms with Crippen molar-refractivity contribution >= 4 is 5.91 Å². The molecule has 1 aliphatic carbocycles. The number of rotatable bonds is 6. The van der Waals surface area contributed by atoms with Gasteiger partial charge in [-0.25, -0.2) is 0 Å². The zero-order chi connectivity index (χ0) is 18.5. The van der Waals surface area contributed by atoms with Crippen LogP contribution in [0, 0.1) is 0 Å². The number of nitrogens with zero attached hydrogens (tertiary/aromatic N) is 1. The zero-order valence-corrected chi connectivity index (χ0v) is 15.8. The summed E-state index contributed by atoms with van der Waals surface area (Å²) in [5.41, 5.74) is 3.48. The van der Waals surface area contributed by atoms with E-state index in [0.717, 1.165) is 49.8 Å². The fourth-order valence-electron chi connectivity index (χ4n) is 3.70. The van der Waals surface area contributed by atoms with Gasteiger partial charge in [-0.15, -0.1) is 0 Å². The standard InChI is InChI=1S/C22H28N2O2/c1-3-4-14-24-20-13-9-8-12-18(20)15-19(22(24)26)21(25)23-16(2)17-10-6-5-7-11-17/h5-7,10-11,15-16H,3-4,8-9,12-14H2,1-2H3,(H,23,25). The van der Waals surface area contributed by atoms with Crippen molar-refractivity contribution in [1.82, 2.24) is 9.88 Å². The molecule has 1 atom stereocenters. The second-order valence-corrected chi connectivity index (χ2v) is 7.15. The van der Waals surface area contributed by atoms with Crippen LogP contribution in [0.2, 0.25) is 0 Å². The van der Waals surface area contributed by atoms with Gasteiger partial charge in [0, 0.05) is 12.2 Å². The lowest BCUT2D eigenvalue weighted by Gasteiger charge is -2.23. The fourth-order valence-corrected chi connectivity index (χ4v) is 3.70. The predicted octanol–water partition coefficient (Wildman–Crippen LogP) is 4.02. The van der Waals surface area contributed by atoms with Crippen LogP contribution in [-0.2, 0) is 19.4 Å². The number of amides is 1. The number of aryl methyl sites for hydroxylation is 1. The van der Waals surface area contributed by atoms with Gasteiger partial charge in [-0.3, -0.25) is 9.59 Å². The van der Waals surface area contributed by atoms with Crippen LogP contribution in [0.4, 0.5) is 0 Å². The number of hydrogen-bond donors (Lipinski definition) is 1. The van der Waals surface area contributed by atoms with Gasteiger partial charge in [-0.1, -0.05) is 43.7 Å². The number of aromatic nitrogens is 1. The van der Waals surface area contributed by atoms with Gasteiger partial charge in [0.1, 0.15) is 5.56 Å². The van der Waals surface area contributed by atoms with E-state index in [1.165, 1.54) is 5.56 Å². The highest BCUT2D eigenvalue weighted by atomic mass is 16.2. The molecular weight excluding hydrogens is 324 g/mol. The molecule has 1 aromatic carbocycles. The summed E-state index contributed by atoms with van der Waals surface area (Å²) in [6, 6.07) is 11.5. The minimum absolute atomic E-state index is 0.136. The molecule has 1 amide bonds. The van der Waals surface area contributed by atoms with Crippen LogP contribution in [0.5, 0.6) is 0 Å². The summed E-state index contributed by atoms with van der Waals surface area (Å²) in [6.45, 7) is 4.77. The van der Waals surface area contributed by atoms with Crippen molar-refractivity contribution < 1.29 is 4.79 Å². The summed E-state index contributed by atoms with van der Waals surface area (Å²) in [5.74, 6) is -0.273. The van der Waals surface area contributed by atoms with Crippen LogP contribution in [0.15, 0.2) is 41.2 Å². The van der Waals surface area contributed by atoms with E-state index in [0.29, 0.717) is 6.54 Å². The molecule has 0 radical (unpaired) electrons. The molecule has 0 saturated carbocycles. The van der Waals surface area contributed by atoms with Gasteiger partial charge in [0.15, 0.2) is 0 Å². The van der Waals surface area contributed by atoms with Gasteiger partial charge >= 0.3 is 0 Å². The highest BCUT2D eigenvalue weighted by Gasteiger charge is 2.22. The normalized spacial score (nSPS) is 14.5. The predicted molar refractivity (Wildman–Crippen MR) is 105 cm³/mol. The SMILES string of the molecule is CCCCn1c2c(cc(C(=O)NC(C)c3ccccc3)c1=O)CCCC2. The largest absolute Gasteiger partial charge is 0.345 e. The topological polar surface area (TPSA) is 51.1 Å².